The van der Waals surface area contributed by atoms with Gasteiger partial charge in [0.25, 0.3) is 0 Å². The molecule has 1 nitrogen and oxygen atoms in total. The van der Waals surface area contributed by atoms with Crippen LogP contribution in [0.25, 0.3) is 16.5 Å². The first-order chi connectivity index (χ1) is 7.59. The Balaban J connectivity index is 2.69. The number of halogens is 1. The van der Waals surface area contributed by atoms with Crippen molar-refractivity contribution < 1.29 is 4.39 Å². The minimum Gasteiger partial charge on any atom is -0.245 e. The van der Waals surface area contributed by atoms with E-state index in [0.717, 1.165) is 16.7 Å². The second-order valence-corrected chi connectivity index (χ2v) is 4.13. The summed E-state index contributed by atoms with van der Waals surface area (Å²) in [5.41, 5.74) is 3.59. The van der Waals surface area contributed by atoms with Gasteiger partial charge in [-0.2, -0.15) is 0 Å². The maximum absolute atomic E-state index is 13.6. The van der Waals surface area contributed by atoms with E-state index in [-0.39, 0.29) is 5.82 Å². The van der Waals surface area contributed by atoms with Gasteiger partial charge >= 0.3 is 0 Å². The van der Waals surface area contributed by atoms with Crippen LogP contribution in [0, 0.1) is 5.82 Å². The topological polar surface area (TPSA) is 12.9 Å². The van der Waals surface area contributed by atoms with Crippen LogP contribution in [0.4, 0.5) is 4.39 Å². The van der Waals surface area contributed by atoms with Crippen LogP contribution >= 0.6 is 0 Å². The molecule has 1 aromatic carbocycles. The van der Waals surface area contributed by atoms with Crippen molar-refractivity contribution in [3.63, 3.8) is 0 Å². The molecule has 16 heavy (non-hydrogen) atoms. The lowest BCUT2D eigenvalue weighted by Gasteiger charge is -2.05. The highest BCUT2D eigenvalue weighted by Gasteiger charge is 2.04. The molecule has 2 rings (SSSR count). The quantitative estimate of drug-likeness (QED) is 0.695. The Morgan fingerprint density at radius 3 is 2.50 bits per heavy atom. The lowest BCUT2D eigenvalue weighted by Crippen LogP contribution is -1.91. The third-order valence-electron chi connectivity index (χ3n) is 2.81. The minimum absolute atomic E-state index is 0.263. The average Bonchev–Trinajstić information content (AvgIpc) is 2.28. The van der Waals surface area contributed by atoms with Crippen molar-refractivity contribution in [1.82, 2.24) is 4.98 Å². The van der Waals surface area contributed by atoms with Gasteiger partial charge < -0.3 is 0 Å². The molecule has 0 spiro atoms. The van der Waals surface area contributed by atoms with Crippen LogP contribution in [0.15, 0.2) is 35.9 Å². The number of nitrogens with zero attached hydrogens (tertiary/aromatic N) is 1. The molecule has 0 N–H and O–H groups in total. The highest BCUT2D eigenvalue weighted by molar-refractivity contribution is 5.81. The molecule has 82 valence electrons. The lowest BCUT2D eigenvalue weighted by atomic mass is 10.1. The van der Waals surface area contributed by atoms with Gasteiger partial charge in [-0.25, -0.2) is 9.37 Å². The molecule has 1 aromatic heterocycles. The number of pyridine rings is 1. The molecule has 0 aliphatic heterocycles. The van der Waals surface area contributed by atoms with Crippen LogP contribution in [0.1, 0.15) is 26.5 Å². The number of fused-ring (bicyclic) bond motifs is 1. The number of rotatable bonds is 1. The molecule has 2 heteroatoms. The second kappa shape index (κ2) is 4.05. The first kappa shape index (κ1) is 10.8. The first-order valence-electron chi connectivity index (χ1n) is 5.29. The summed E-state index contributed by atoms with van der Waals surface area (Å²) in [6.07, 6.45) is 0. The largest absolute Gasteiger partial charge is 0.245 e. The van der Waals surface area contributed by atoms with Gasteiger partial charge in [-0.3, -0.25) is 0 Å². The van der Waals surface area contributed by atoms with E-state index >= 15 is 0 Å². The van der Waals surface area contributed by atoms with Crippen LogP contribution in [0.2, 0.25) is 0 Å². The van der Waals surface area contributed by atoms with Gasteiger partial charge in [0.2, 0.25) is 0 Å². The monoisotopic (exact) mass is 215 g/mol. The van der Waals surface area contributed by atoms with Gasteiger partial charge in [-0.15, -0.1) is 0 Å². The zero-order valence-corrected chi connectivity index (χ0v) is 9.71. The molecule has 2 aromatic rings. The van der Waals surface area contributed by atoms with Crippen molar-refractivity contribution in [3.05, 3.63) is 47.4 Å². The maximum Gasteiger partial charge on any atom is 0.149 e. The van der Waals surface area contributed by atoms with E-state index in [1.54, 1.807) is 6.07 Å². The Labute approximate surface area is 94.6 Å². The number of hydrogen-bond donors (Lipinski definition) is 0. The molecule has 0 saturated carbocycles. The fourth-order valence-electron chi connectivity index (χ4n) is 1.58. The molecule has 1 heterocycles. The van der Waals surface area contributed by atoms with Crippen LogP contribution in [-0.2, 0) is 0 Å². The van der Waals surface area contributed by atoms with Crippen LogP contribution in [-0.4, -0.2) is 4.98 Å². The summed E-state index contributed by atoms with van der Waals surface area (Å²) in [5.74, 6) is -0.263. The van der Waals surface area contributed by atoms with E-state index in [4.69, 9.17) is 0 Å². The molecule has 0 radical (unpaired) electrons. The zero-order valence-electron chi connectivity index (χ0n) is 9.71. The SMILES string of the molecule is CC(C)=C(C)c1ccc2cccc(F)c2n1. The smallest absolute Gasteiger partial charge is 0.149 e. The third kappa shape index (κ3) is 1.83. The molecule has 0 aliphatic rings. The third-order valence-corrected chi connectivity index (χ3v) is 2.81. The Morgan fingerprint density at radius 2 is 1.81 bits per heavy atom. The molecule has 0 saturated heterocycles. The number of hydrogen-bond acceptors (Lipinski definition) is 1. The minimum atomic E-state index is -0.263. The average molecular weight is 215 g/mol. The Bertz CT molecular complexity index is 566. The van der Waals surface area contributed by atoms with Gasteiger partial charge in [0.05, 0.1) is 5.69 Å². The predicted molar refractivity (Wildman–Crippen MR) is 65.6 cm³/mol. The van der Waals surface area contributed by atoms with E-state index < -0.39 is 0 Å². The van der Waals surface area contributed by atoms with E-state index in [2.05, 4.69) is 4.98 Å². The van der Waals surface area contributed by atoms with E-state index in [1.807, 2.05) is 39.0 Å². The molecular weight excluding hydrogens is 201 g/mol. The molecular formula is C14H14FN. The first-order valence-corrected chi connectivity index (χ1v) is 5.29. The zero-order chi connectivity index (χ0) is 11.7. The highest BCUT2D eigenvalue weighted by atomic mass is 19.1. The fourth-order valence-corrected chi connectivity index (χ4v) is 1.58. The summed E-state index contributed by atoms with van der Waals surface area (Å²) in [6.45, 7) is 6.06. The Hall–Kier alpha value is -1.70. The second-order valence-electron chi connectivity index (χ2n) is 4.13. The Morgan fingerprint density at radius 1 is 1.06 bits per heavy atom. The van der Waals surface area contributed by atoms with Crippen molar-refractivity contribution in [2.24, 2.45) is 0 Å². The Kier molecular flexibility index (Phi) is 2.73. The summed E-state index contributed by atoms with van der Waals surface area (Å²) in [4.78, 5) is 4.36. The van der Waals surface area contributed by atoms with Crippen molar-refractivity contribution in [2.45, 2.75) is 20.8 Å². The highest BCUT2D eigenvalue weighted by Crippen LogP contribution is 2.21. The molecule has 0 aliphatic carbocycles. The summed E-state index contributed by atoms with van der Waals surface area (Å²) in [6, 6.07) is 8.86. The van der Waals surface area contributed by atoms with Crippen LogP contribution in [0.5, 0.6) is 0 Å². The predicted octanol–water partition coefficient (Wildman–Crippen LogP) is 4.19. The summed E-state index contributed by atoms with van der Waals surface area (Å²) in [5, 5.41) is 0.838. The van der Waals surface area contributed by atoms with Gasteiger partial charge in [0.15, 0.2) is 0 Å². The number of para-hydroxylation sites is 1. The standard InChI is InChI=1S/C14H14FN/c1-9(2)10(3)13-8-7-11-5-4-6-12(15)14(11)16-13/h4-8H,1-3H3. The molecule has 0 atom stereocenters. The lowest BCUT2D eigenvalue weighted by molar-refractivity contribution is 0.636. The summed E-state index contributed by atoms with van der Waals surface area (Å²) in [7, 11) is 0. The van der Waals surface area contributed by atoms with Crippen molar-refractivity contribution in [1.29, 1.82) is 0 Å². The van der Waals surface area contributed by atoms with Gasteiger partial charge in [0.1, 0.15) is 11.3 Å². The van der Waals surface area contributed by atoms with Crippen molar-refractivity contribution in [3.8, 4) is 0 Å². The number of allylic oxidation sites excluding steroid dienone is 2. The molecule has 0 fully saturated rings. The number of aromatic nitrogens is 1. The van der Waals surface area contributed by atoms with Crippen molar-refractivity contribution in [2.75, 3.05) is 0 Å². The van der Waals surface area contributed by atoms with Crippen LogP contribution < -0.4 is 0 Å². The van der Waals surface area contributed by atoms with E-state index in [9.17, 15) is 4.39 Å². The summed E-state index contributed by atoms with van der Waals surface area (Å²) < 4.78 is 13.6. The van der Waals surface area contributed by atoms with Gasteiger partial charge in [-0.05, 0) is 38.5 Å². The van der Waals surface area contributed by atoms with Crippen LogP contribution in [0.3, 0.4) is 0 Å². The molecule has 0 amide bonds. The molecule has 0 bridgehead atoms. The van der Waals surface area contributed by atoms with Gasteiger partial charge in [0, 0.05) is 5.39 Å². The maximum atomic E-state index is 13.6. The van der Waals surface area contributed by atoms with E-state index in [0.29, 0.717) is 5.52 Å². The van der Waals surface area contributed by atoms with Crippen molar-refractivity contribution >= 4 is 16.5 Å². The van der Waals surface area contributed by atoms with E-state index in [1.165, 1.54) is 11.6 Å². The summed E-state index contributed by atoms with van der Waals surface area (Å²) >= 11 is 0. The normalized spacial score (nSPS) is 10.5. The fraction of sp³-hybridized carbons (Fsp3) is 0.214. The number of benzene rings is 1. The molecule has 0 unspecified atom stereocenters. The van der Waals surface area contributed by atoms with Gasteiger partial charge in [-0.1, -0.05) is 23.8 Å².